The number of carbonyl (C=O) groups is 2. The van der Waals surface area contributed by atoms with E-state index < -0.39 is 11.9 Å². The van der Waals surface area contributed by atoms with Gasteiger partial charge in [-0.3, -0.25) is 14.5 Å². The maximum absolute atomic E-state index is 13.4. The van der Waals surface area contributed by atoms with Crippen LogP contribution >= 0.6 is 0 Å². The van der Waals surface area contributed by atoms with Crippen molar-refractivity contribution in [2.45, 2.75) is 19.4 Å². The molecule has 1 atom stereocenters. The van der Waals surface area contributed by atoms with Crippen molar-refractivity contribution in [3.05, 3.63) is 59.4 Å². The van der Waals surface area contributed by atoms with Gasteiger partial charge in [-0.05, 0) is 29.8 Å². The normalized spacial score (nSPS) is 15.5. The standard InChI is InChI=1S/C18H14FN3O2/c1-11(23)22-16-5-3-2-4-12(16)9-17(22)18(24)21-14-6-7-15(19)13(8-14)10-20/h2-8,17H,9H2,1H3,(H,21,24)/t17-/m0/s1. The Balaban J connectivity index is 1.86. The van der Waals surface area contributed by atoms with Crippen molar-refractivity contribution >= 4 is 23.2 Å². The first kappa shape index (κ1) is 15.7. The highest BCUT2D eigenvalue weighted by Crippen LogP contribution is 2.32. The minimum Gasteiger partial charge on any atom is -0.324 e. The number of benzene rings is 2. The summed E-state index contributed by atoms with van der Waals surface area (Å²) in [6.07, 6.45) is 0.411. The zero-order valence-electron chi connectivity index (χ0n) is 12.9. The number of nitrogens with zero attached hydrogens (tertiary/aromatic N) is 2. The number of rotatable bonds is 2. The van der Waals surface area contributed by atoms with Crippen molar-refractivity contribution in [2.75, 3.05) is 10.2 Å². The lowest BCUT2D eigenvalue weighted by molar-refractivity contribution is -0.122. The van der Waals surface area contributed by atoms with Crippen LogP contribution in [0, 0.1) is 17.1 Å². The molecule has 0 fully saturated rings. The van der Waals surface area contributed by atoms with Gasteiger partial charge in [-0.25, -0.2) is 4.39 Å². The van der Waals surface area contributed by atoms with E-state index in [-0.39, 0.29) is 17.4 Å². The quantitative estimate of drug-likeness (QED) is 0.923. The van der Waals surface area contributed by atoms with E-state index in [1.807, 2.05) is 18.2 Å². The molecule has 0 spiro atoms. The zero-order valence-corrected chi connectivity index (χ0v) is 12.9. The summed E-state index contributed by atoms with van der Waals surface area (Å²) < 4.78 is 13.4. The number of halogens is 1. The first-order chi connectivity index (χ1) is 11.5. The molecule has 0 saturated carbocycles. The Hall–Kier alpha value is -3.20. The monoisotopic (exact) mass is 323 g/mol. The largest absolute Gasteiger partial charge is 0.324 e. The number of anilines is 2. The minimum atomic E-state index is -0.671. The Labute approximate surface area is 138 Å². The maximum Gasteiger partial charge on any atom is 0.247 e. The maximum atomic E-state index is 13.4. The lowest BCUT2D eigenvalue weighted by atomic mass is 10.1. The fourth-order valence-electron chi connectivity index (χ4n) is 2.90. The SMILES string of the molecule is CC(=O)N1c2ccccc2C[C@H]1C(=O)Nc1ccc(F)c(C#N)c1. The van der Waals surface area contributed by atoms with Gasteiger partial charge in [-0.15, -0.1) is 0 Å². The number of amides is 2. The van der Waals surface area contributed by atoms with Crippen LogP contribution in [0.4, 0.5) is 15.8 Å². The zero-order chi connectivity index (χ0) is 17.3. The molecule has 3 rings (SSSR count). The third kappa shape index (κ3) is 2.72. The Morgan fingerprint density at radius 2 is 2.04 bits per heavy atom. The number of para-hydroxylation sites is 1. The topological polar surface area (TPSA) is 73.2 Å². The summed E-state index contributed by atoms with van der Waals surface area (Å²) in [6.45, 7) is 1.41. The predicted octanol–water partition coefficient (Wildman–Crippen LogP) is 2.61. The highest BCUT2D eigenvalue weighted by atomic mass is 19.1. The van der Waals surface area contributed by atoms with E-state index in [2.05, 4.69) is 5.32 Å². The van der Waals surface area contributed by atoms with Crippen LogP contribution in [0.5, 0.6) is 0 Å². The molecular weight excluding hydrogens is 309 g/mol. The Bertz CT molecular complexity index is 873. The van der Waals surface area contributed by atoms with Crippen molar-refractivity contribution in [3.63, 3.8) is 0 Å². The van der Waals surface area contributed by atoms with Crippen LogP contribution < -0.4 is 10.2 Å². The second kappa shape index (κ2) is 6.13. The molecule has 6 heteroatoms. The molecule has 1 aliphatic rings. The van der Waals surface area contributed by atoms with Crippen LogP contribution in [-0.4, -0.2) is 17.9 Å². The highest BCUT2D eigenvalue weighted by molar-refractivity contribution is 6.06. The van der Waals surface area contributed by atoms with Gasteiger partial charge in [0.25, 0.3) is 0 Å². The van der Waals surface area contributed by atoms with E-state index >= 15 is 0 Å². The van der Waals surface area contributed by atoms with Gasteiger partial charge in [0.15, 0.2) is 0 Å². The van der Waals surface area contributed by atoms with Gasteiger partial charge in [-0.1, -0.05) is 18.2 Å². The van der Waals surface area contributed by atoms with Gasteiger partial charge in [0.2, 0.25) is 11.8 Å². The summed E-state index contributed by atoms with van der Waals surface area (Å²) in [5, 5.41) is 11.5. The summed E-state index contributed by atoms with van der Waals surface area (Å²) in [5.74, 6) is -1.25. The fraction of sp³-hybridized carbons (Fsp3) is 0.167. The van der Waals surface area contributed by atoms with Crippen LogP contribution in [0.3, 0.4) is 0 Å². The van der Waals surface area contributed by atoms with Crippen molar-refractivity contribution in [2.24, 2.45) is 0 Å². The molecule has 1 aliphatic heterocycles. The van der Waals surface area contributed by atoms with E-state index in [0.717, 1.165) is 17.3 Å². The lowest BCUT2D eigenvalue weighted by Gasteiger charge is -2.23. The molecule has 1 N–H and O–H groups in total. The van der Waals surface area contributed by atoms with Gasteiger partial charge in [-0.2, -0.15) is 5.26 Å². The van der Waals surface area contributed by atoms with Gasteiger partial charge in [0, 0.05) is 24.7 Å². The third-order valence-electron chi connectivity index (χ3n) is 3.97. The number of nitriles is 1. The van der Waals surface area contributed by atoms with Crippen molar-refractivity contribution < 1.29 is 14.0 Å². The van der Waals surface area contributed by atoms with E-state index in [0.29, 0.717) is 12.1 Å². The summed E-state index contributed by atoms with van der Waals surface area (Å²) in [5.41, 5.74) is 1.81. The Kier molecular flexibility index (Phi) is 4.00. The minimum absolute atomic E-state index is 0.147. The average molecular weight is 323 g/mol. The first-order valence-corrected chi connectivity index (χ1v) is 7.39. The first-order valence-electron chi connectivity index (χ1n) is 7.39. The molecule has 0 saturated heterocycles. The number of hydrogen-bond donors (Lipinski definition) is 1. The molecule has 0 radical (unpaired) electrons. The molecule has 2 aromatic rings. The number of nitrogens with one attached hydrogen (secondary N) is 1. The van der Waals surface area contributed by atoms with Crippen molar-refractivity contribution in [3.8, 4) is 6.07 Å². The Morgan fingerprint density at radius 3 is 2.75 bits per heavy atom. The molecule has 5 nitrogen and oxygen atoms in total. The molecule has 24 heavy (non-hydrogen) atoms. The van der Waals surface area contributed by atoms with Gasteiger partial charge in [0.1, 0.15) is 17.9 Å². The predicted molar refractivity (Wildman–Crippen MR) is 86.8 cm³/mol. The van der Waals surface area contributed by atoms with E-state index in [1.54, 1.807) is 12.1 Å². The summed E-state index contributed by atoms with van der Waals surface area (Å²) in [7, 11) is 0. The van der Waals surface area contributed by atoms with Crippen molar-refractivity contribution in [1.82, 2.24) is 0 Å². The van der Waals surface area contributed by atoms with Crippen LogP contribution in [-0.2, 0) is 16.0 Å². The molecule has 1 heterocycles. The van der Waals surface area contributed by atoms with Gasteiger partial charge < -0.3 is 5.32 Å². The average Bonchev–Trinajstić information content (AvgIpc) is 2.96. The molecule has 2 amide bonds. The van der Waals surface area contributed by atoms with Crippen LogP contribution in [0.15, 0.2) is 42.5 Å². The second-order valence-corrected chi connectivity index (χ2v) is 5.53. The number of hydrogen-bond acceptors (Lipinski definition) is 3. The molecule has 0 bridgehead atoms. The van der Waals surface area contributed by atoms with Gasteiger partial charge >= 0.3 is 0 Å². The van der Waals surface area contributed by atoms with Crippen LogP contribution in [0.25, 0.3) is 0 Å². The second-order valence-electron chi connectivity index (χ2n) is 5.53. The van der Waals surface area contributed by atoms with E-state index in [4.69, 9.17) is 5.26 Å². The Morgan fingerprint density at radius 1 is 1.29 bits per heavy atom. The summed E-state index contributed by atoms with van der Waals surface area (Å²) in [4.78, 5) is 26.0. The van der Waals surface area contributed by atoms with E-state index in [1.165, 1.54) is 24.0 Å². The van der Waals surface area contributed by atoms with Gasteiger partial charge in [0.05, 0.1) is 5.56 Å². The van der Waals surface area contributed by atoms with Crippen molar-refractivity contribution in [1.29, 1.82) is 5.26 Å². The number of carbonyl (C=O) groups excluding carboxylic acids is 2. The van der Waals surface area contributed by atoms with Crippen LogP contribution in [0.2, 0.25) is 0 Å². The molecule has 0 aromatic heterocycles. The molecule has 0 unspecified atom stereocenters. The summed E-state index contributed by atoms with van der Waals surface area (Å²) >= 11 is 0. The number of fused-ring (bicyclic) bond motifs is 1. The summed E-state index contributed by atoms with van der Waals surface area (Å²) in [6, 6.07) is 12.2. The van der Waals surface area contributed by atoms with Crippen LogP contribution in [0.1, 0.15) is 18.1 Å². The highest BCUT2D eigenvalue weighted by Gasteiger charge is 2.36. The molecule has 0 aliphatic carbocycles. The third-order valence-corrected chi connectivity index (χ3v) is 3.97. The molecular formula is C18H14FN3O2. The molecule has 2 aromatic carbocycles. The van der Waals surface area contributed by atoms with E-state index in [9.17, 15) is 14.0 Å². The lowest BCUT2D eigenvalue weighted by Crippen LogP contribution is -2.44. The smallest absolute Gasteiger partial charge is 0.247 e. The molecule has 120 valence electrons. The fourth-order valence-corrected chi connectivity index (χ4v) is 2.90.